The number of anilines is 1. The van der Waals surface area contributed by atoms with Gasteiger partial charge >= 0.3 is 6.03 Å². The Morgan fingerprint density at radius 3 is 2.74 bits per heavy atom. The van der Waals surface area contributed by atoms with E-state index in [0.717, 1.165) is 25.2 Å². The van der Waals surface area contributed by atoms with Gasteiger partial charge in [0.05, 0.1) is 6.04 Å². The molecule has 4 heteroatoms. The van der Waals surface area contributed by atoms with Gasteiger partial charge in [0, 0.05) is 30.7 Å². The van der Waals surface area contributed by atoms with Gasteiger partial charge in [0.1, 0.15) is 0 Å². The Balaban J connectivity index is 1.84. The van der Waals surface area contributed by atoms with Crippen molar-refractivity contribution in [2.45, 2.75) is 39.8 Å². The number of carbonyl (C=O) groups is 1. The number of benzene rings is 1. The Kier molecular flexibility index (Phi) is 4.42. The summed E-state index contributed by atoms with van der Waals surface area (Å²) in [4.78, 5) is 14.9. The van der Waals surface area contributed by atoms with Crippen molar-refractivity contribution >= 4 is 11.7 Å². The molecule has 0 unspecified atom stereocenters. The van der Waals surface area contributed by atoms with Gasteiger partial charge in [-0.15, -0.1) is 0 Å². The minimum atomic E-state index is -0.00273. The van der Waals surface area contributed by atoms with Crippen LogP contribution in [0.3, 0.4) is 0 Å². The van der Waals surface area contributed by atoms with Crippen LogP contribution in [-0.2, 0) is 13.0 Å². The van der Waals surface area contributed by atoms with Crippen LogP contribution in [0.1, 0.15) is 38.1 Å². The maximum absolute atomic E-state index is 12.9. The predicted molar refractivity (Wildman–Crippen MR) is 93.6 cm³/mol. The van der Waals surface area contributed by atoms with Crippen LogP contribution in [0.2, 0.25) is 0 Å². The monoisotopic (exact) mass is 311 g/mol. The second kappa shape index (κ2) is 6.49. The average Bonchev–Trinajstić information content (AvgIpc) is 3.02. The molecule has 0 radical (unpaired) electrons. The fourth-order valence-corrected chi connectivity index (χ4v) is 3.48. The quantitative estimate of drug-likeness (QED) is 0.902. The van der Waals surface area contributed by atoms with Crippen LogP contribution < -0.4 is 5.32 Å². The number of fused-ring (bicyclic) bond motifs is 1. The van der Waals surface area contributed by atoms with Crippen molar-refractivity contribution in [2.24, 2.45) is 5.92 Å². The number of rotatable bonds is 3. The van der Waals surface area contributed by atoms with Crippen molar-refractivity contribution in [1.82, 2.24) is 9.47 Å². The third kappa shape index (κ3) is 2.98. The SMILES string of the molecule is CCc1ccccc1NC(=O)N1CCn2cccc2[C@H]1C(C)C. The fourth-order valence-electron chi connectivity index (χ4n) is 3.48. The highest BCUT2D eigenvalue weighted by atomic mass is 16.2. The zero-order chi connectivity index (χ0) is 16.4. The molecule has 23 heavy (non-hydrogen) atoms. The molecule has 2 amide bonds. The van der Waals surface area contributed by atoms with Crippen molar-refractivity contribution in [3.63, 3.8) is 0 Å². The first-order chi connectivity index (χ1) is 11.1. The molecule has 2 heterocycles. The van der Waals surface area contributed by atoms with E-state index in [0.29, 0.717) is 5.92 Å². The molecule has 4 nitrogen and oxygen atoms in total. The molecule has 1 atom stereocenters. The number of carbonyl (C=O) groups excluding carboxylic acids is 1. The number of nitrogens with one attached hydrogen (secondary N) is 1. The summed E-state index contributed by atoms with van der Waals surface area (Å²) < 4.78 is 2.26. The van der Waals surface area contributed by atoms with Crippen LogP contribution in [0, 0.1) is 5.92 Å². The average molecular weight is 311 g/mol. The Hall–Kier alpha value is -2.23. The lowest BCUT2D eigenvalue weighted by Gasteiger charge is -2.39. The van der Waals surface area contributed by atoms with Crippen LogP contribution in [0.5, 0.6) is 0 Å². The molecule has 2 aromatic rings. The molecule has 0 fully saturated rings. The van der Waals surface area contributed by atoms with Gasteiger partial charge in [-0.2, -0.15) is 0 Å². The third-order valence-electron chi connectivity index (χ3n) is 4.62. The second-order valence-electron chi connectivity index (χ2n) is 6.45. The van der Waals surface area contributed by atoms with E-state index in [2.05, 4.69) is 55.1 Å². The van der Waals surface area contributed by atoms with Crippen molar-refractivity contribution in [3.05, 3.63) is 53.9 Å². The van der Waals surface area contributed by atoms with Gasteiger partial charge in [-0.1, -0.05) is 39.0 Å². The largest absolute Gasteiger partial charge is 0.348 e. The smallest absolute Gasteiger partial charge is 0.322 e. The van der Waals surface area contributed by atoms with E-state index in [9.17, 15) is 4.79 Å². The van der Waals surface area contributed by atoms with Crippen LogP contribution in [0.25, 0.3) is 0 Å². The van der Waals surface area contributed by atoms with Gasteiger partial charge in [0.25, 0.3) is 0 Å². The number of nitrogens with zero attached hydrogens (tertiary/aromatic N) is 2. The van der Waals surface area contributed by atoms with Gasteiger partial charge in [-0.25, -0.2) is 4.79 Å². The molecule has 0 spiro atoms. The topological polar surface area (TPSA) is 37.3 Å². The number of aryl methyl sites for hydroxylation is 1. The zero-order valence-electron chi connectivity index (χ0n) is 14.1. The molecule has 122 valence electrons. The van der Waals surface area contributed by atoms with Gasteiger partial charge in [0.2, 0.25) is 0 Å². The normalized spacial score (nSPS) is 17.2. The van der Waals surface area contributed by atoms with Crippen LogP contribution in [0.15, 0.2) is 42.6 Å². The van der Waals surface area contributed by atoms with E-state index in [1.807, 2.05) is 23.1 Å². The summed E-state index contributed by atoms with van der Waals surface area (Å²) in [7, 11) is 0. The van der Waals surface area contributed by atoms with Crippen LogP contribution in [0.4, 0.5) is 10.5 Å². The summed E-state index contributed by atoms with van der Waals surface area (Å²) in [6.07, 6.45) is 3.01. The van der Waals surface area contributed by atoms with Crippen LogP contribution in [-0.4, -0.2) is 22.0 Å². The highest BCUT2D eigenvalue weighted by Gasteiger charge is 2.33. The van der Waals surface area contributed by atoms with Crippen molar-refractivity contribution in [1.29, 1.82) is 0 Å². The van der Waals surface area contributed by atoms with Crippen molar-refractivity contribution in [2.75, 3.05) is 11.9 Å². The highest BCUT2D eigenvalue weighted by Crippen LogP contribution is 2.33. The first-order valence-electron chi connectivity index (χ1n) is 8.42. The number of urea groups is 1. The fraction of sp³-hybridized carbons (Fsp3) is 0.421. The predicted octanol–water partition coefficient (Wildman–Crippen LogP) is 4.30. The van der Waals surface area contributed by atoms with E-state index in [1.165, 1.54) is 11.3 Å². The molecular formula is C19H25N3O. The zero-order valence-corrected chi connectivity index (χ0v) is 14.1. The third-order valence-corrected chi connectivity index (χ3v) is 4.62. The molecule has 1 aliphatic rings. The standard InChI is InChI=1S/C19H25N3O/c1-4-15-8-5-6-9-16(15)20-19(23)22-13-12-21-11-7-10-17(21)18(22)14(2)3/h5-11,14,18H,4,12-13H2,1-3H3,(H,20,23)/t18-/m1/s1. The summed E-state index contributed by atoms with van der Waals surface area (Å²) >= 11 is 0. The maximum Gasteiger partial charge on any atom is 0.322 e. The summed E-state index contributed by atoms with van der Waals surface area (Å²) in [6, 6.07) is 12.3. The number of hydrogen-bond donors (Lipinski definition) is 1. The Morgan fingerprint density at radius 2 is 2.00 bits per heavy atom. The van der Waals surface area contributed by atoms with E-state index in [1.54, 1.807) is 0 Å². The van der Waals surface area contributed by atoms with E-state index >= 15 is 0 Å². The second-order valence-corrected chi connectivity index (χ2v) is 6.45. The molecule has 0 saturated carbocycles. The number of amides is 2. The minimum Gasteiger partial charge on any atom is -0.348 e. The molecule has 1 aliphatic heterocycles. The minimum absolute atomic E-state index is 0.00273. The van der Waals surface area contributed by atoms with Crippen molar-refractivity contribution in [3.8, 4) is 0 Å². The molecule has 0 aliphatic carbocycles. The number of para-hydroxylation sites is 1. The van der Waals surface area contributed by atoms with E-state index in [4.69, 9.17) is 0 Å². The number of hydrogen-bond acceptors (Lipinski definition) is 1. The summed E-state index contributed by atoms with van der Waals surface area (Å²) in [6.45, 7) is 8.05. The molecule has 1 aromatic carbocycles. The molecule has 3 rings (SSSR count). The van der Waals surface area contributed by atoms with Crippen molar-refractivity contribution < 1.29 is 4.79 Å². The lowest BCUT2D eigenvalue weighted by Crippen LogP contribution is -2.45. The maximum atomic E-state index is 12.9. The number of aromatic nitrogens is 1. The molecule has 0 saturated heterocycles. The Labute approximate surface area is 138 Å². The Morgan fingerprint density at radius 1 is 1.22 bits per heavy atom. The van der Waals surface area contributed by atoms with E-state index < -0.39 is 0 Å². The first kappa shape index (κ1) is 15.7. The lowest BCUT2D eigenvalue weighted by atomic mass is 9.97. The summed E-state index contributed by atoms with van der Waals surface area (Å²) in [5, 5.41) is 3.12. The molecule has 1 N–H and O–H groups in total. The first-order valence-corrected chi connectivity index (χ1v) is 8.42. The molecule has 1 aromatic heterocycles. The van der Waals surface area contributed by atoms with Gasteiger partial charge in [0.15, 0.2) is 0 Å². The van der Waals surface area contributed by atoms with Crippen LogP contribution >= 0.6 is 0 Å². The lowest BCUT2D eigenvalue weighted by molar-refractivity contribution is 0.144. The van der Waals surface area contributed by atoms with Gasteiger partial charge < -0.3 is 14.8 Å². The summed E-state index contributed by atoms with van der Waals surface area (Å²) in [5.41, 5.74) is 3.32. The van der Waals surface area contributed by atoms with Gasteiger partial charge in [-0.3, -0.25) is 0 Å². The highest BCUT2D eigenvalue weighted by molar-refractivity contribution is 5.90. The molecule has 0 bridgehead atoms. The Bertz CT molecular complexity index is 689. The van der Waals surface area contributed by atoms with E-state index in [-0.39, 0.29) is 12.1 Å². The molecular weight excluding hydrogens is 286 g/mol. The summed E-state index contributed by atoms with van der Waals surface area (Å²) in [5.74, 6) is 0.371. The van der Waals surface area contributed by atoms with Gasteiger partial charge in [-0.05, 0) is 36.1 Å².